The molecule has 3 rings (SSSR count). The van der Waals surface area contributed by atoms with E-state index in [0.29, 0.717) is 13.2 Å². The molecule has 0 amide bonds. The van der Waals surface area contributed by atoms with Crippen molar-refractivity contribution in [2.45, 2.75) is 26.3 Å². The first kappa shape index (κ1) is 23.0. The van der Waals surface area contributed by atoms with Gasteiger partial charge in [0.1, 0.15) is 0 Å². The predicted molar refractivity (Wildman–Crippen MR) is 126 cm³/mol. The van der Waals surface area contributed by atoms with E-state index in [1.165, 1.54) is 11.3 Å². The number of halogens is 1. The van der Waals surface area contributed by atoms with E-state index in [1.807, 2.05) is 0 Å². The molecule has 3 N–H and O–H groups in total. The number of nitrogens with one attached hydrogen (secondary N) is 2. The molecule has 1 fully saturated rings. The summed E-state index contributed by atoms with van der Waals surface area (Å²) in [5.74, 6) is 0.814. The highest BCUT2D eigenvalue weighted by Crippen LogP contribution is 2.31. The fourth-order valence-electron chi connectivity index (χ4n) is 3.60. The highest BCUT2D eigenvalue weighted by atomic mass is 127. The smallest absolute Gasteiger partial charge is 0.191 e. The summed E-state index contributed by atoms with van der Waals surface area (Å²) in [5, 5.41) is 16.1. The van der Waals surface area contributed by atoms with Gasteiger partial charge in [0, 0.05) is 50.5 Å². The van der Waals surface area contributed by atoms with Gasteiger partial charge in [-0.25, -0.2) is 4.99 Å². The molecule has 0 bridgehead atoms. The number of ether oxygens (including phenoxy) is 1. The lowest BCUT2D eigenvalue weighted by Crippen LogP contribution is -2.44. The second-order valence-corrected chi connectivity index (χ2v) is 7.37. The van der Waals surface area contributed by atoms with E-state index >= 15 is 0 Å². The van der Waals surface area contributed by atoms with Gasteiger partial charge in [0.15, 0.2) is 5.96 Å². The summed E-state index contributed by atoms with van der Waals surface area (Å²) in [5.41, 5.74) is 2.46. The van der Waals surface area contributed by atoms with Crippen molar-refractivity contribution < 1.29 is 9.84 Å². The van der Waals surface area contributed by atoms with Gasteiger partial charge in [-0.05, 0) is 37.5 Å². The van der Waals surface area contributed by atoms with Gasteiger partial charge >= 0.3 is 0 Å². The molecule has 1 unspecified atom stereocenters. The summed E-state index contributed by atoms with van der Waals surface area (Å²) in [6.07, 6.45) is 6.13. The molecule has 28 heavy (non-hydrogen) atoms. The van der Waals surface area contributed by atoms with Crippen LogP contribution in [0.15, 0.2) is 41.4 Å². The van der Waals surface area contributed by atoms with Crippen LogP contribution in [0.25, 0.3) is 0 Å². The van der Waals surface area contributed by atoms with Gasteiger partial charge in [0.05, 0.1) is 13.2 Å². The standard InChI is InChI=1S/C21H32N4O2.HI/c1-2-22-20(24-16-21(9-13-26)10-14-27-17-21)23-15-18-5-7-19(8-6-18)25-11-3-4-12-25;/h3-8,26H,2,9-17H2,1H3,(H2,22,23,24);1H. The number of anilines is 1. The molecule has 2 aliphatic heterocycles. The number of aliphatic hydroxyl groups excluding tert-OH is 1. The first-order valence-corrected chi connectivity index (χ1v) is 9.94. The van der Waals surface area contributed by atoms with Gasteiger partial charge in [-0.3, -0.25) is 0 Å². The zero-order chi connectivity index (χ0) is 19.0. The van der Waals surface area contributed by atoms with Gasteiger partial charge in [-0.2, -0.15) is 0 Å². The molecule has 1 atom stereocenters. The Balaban J connectivity index is 0.00000280. The van der Waals surface area contributed by atoms with Crippen molar-refractivity contribution in [3.63, 3.8) is 0 Å². The van der Waals surface area contributed by atoms with E-state index in [1.54, 1.807) is 0 Å². The topological polar surface area (TPSA) is 69.1 Å². The molecule has 0 aliphatic carbocycles. The molecule has 1 aromatic carbocycles. The first-order chi connectivity index (χ1) is 13.2. The van der Waals surface area contributed by atoms with Gasteiger partial charge in [-0.1, -0.05) is 24.3 Å². The van der Waals surface area contributed by atoms with E-state index in [9.17, 15) is 5.11 Å². The minimum Gasteiger partial charge on any atom is -0.396 e. The minimum absolute atomic E-state index is 0. The Labute approximate surface area is 185 Å². The van der Waals surface area contributed by atoms with Crippen molar-refractivity contribution in [1.29, 1.82) is 0 Å². The Bertz CT molecular complexity index is 634. The lowest BCUT2D eigenvalue weighted by atomic mass is 9.84. The van der Waals surface area contributed by atoms with E-state index in [4.69, 9.17) is 9.73 Å². The summed E-state index contributed by atoms with van der Waals surface area (Å²) in [7, 11) is 0. The second kappa shape index (κ2) is 11.6. The van der Waals surface area contributed by atoms with Crippen LogP contribution >= 0.6 is 24.0 Å². The molecule has 0 aromatic heterocycles. The predicted octanol–water partition coefficient (Wildman–Crippen LogP) is 2.53. The highest BCUT2D eigenvalue weighted by Gasteiger charge is 2.34. The summed E-state index contributed by atoms with van der Waals surface area (Å²) in [6, 6.07) is 8.65. The third-order valence-electron chi connectivity index (χ3n) is 5.34. The molecule has 0 saturated carbocycles. The van der Waals surface area contributed by atoms with E-state index in [2.05, 4.69) is 58.9 Å². The first-order valence-electron chi connectivity index (χ1n) is 9.94. The van der Waals surface area contributed by atoms with Crippen LogP contribution in [0, 0.1) is 5.41 Å². The van der Waals surface area contributed by atoms with Crippen LogP contribution in [-0.2, 0) is 11.3 Å². The Kier molecular flexibility index (Phi) is 9.53. The zero-order valence-corrected chi connectivity index (χ0v) is 19.0. The Morgan fingerprint density at radius 3 is 2.57 bits per heavy atom. The van der Waals surface area contributed by atoms with E-state index in [0.717, 1.165) is 51.6 Å². The number of aliphatic hydroxyl groups is 1. The summed E-state index contributed by atoms with van der Waals surface area (Å²) >= 11 is 0. The average Bonchev–Trinajstić information content (AvgIpc) is 3.37. The third-order valence-corrected chi connectivity index (χ3v) is 5.34. The zero-order valence-electron chi connectivity index (χ0n) is 16.7. The van der Waals surface area contributed by atoms with Gasteiger partial charge in [0.25, 0.3) is 0 Å². The highest BCUT2D eigenvalue weighted by molar-refractivity contribution is 14.0. The molecule has 2 aliphatic rings. The third kappa shape index (κ3) is 6.35. The maximum absolute atomic E-state index is 9.38. The number of aliphatic imine (C=N–C) groups is 1. The number of nitrogens with zero attached hydrogens (tertiary/aromatic N) is 2. The lowest BCUT2D eigenvalue weighted by molar-refractivity contribution is 0.127. The molecule has 7 heteroatoms. The van der Waals surface area contributed by atoms with Crippen LogP contribution in [-0.4, -0.2) is 57.1 Å². The molecule has 156 valence electrons. The normalized spacial score (nSPS) is 21.6. The van der Waals surface area contributed by atoms with Crippen molar-refractivity contribution in [2.75, 3.05) is 50.9 Å². The van der Waals surface area contributed by atoms with Crippen molar-refractivity contribution in [3.05, 3.63) is 42.0 Å². The quantitative estimate of drug-likeness (QED) is 0.222. The largest absolute Gasteiger partial charge is 0.396 e. The molecule has 1 saturated heterocycles. The van der Waals surface area contributed by atoms with Gasteiger partial charge < -0.3 is 25.4 Å². The van der Waals surface area contributed by atoms with E-state index < -0.39 is 0 Å². The Hall–Kier alpha value is -1.32. The second-order valence-electron chi connectivity index (χ2n) is 7.37. The number of guanidine groups is 1. The van der Waals surface area contributed by atoms with E-state index in [-0.39, 0.29) is 36.0 Å². The van der Waals surface area contributed by atoms with Crippen LogP contribution in [0.2, 0.25) is 0 Å². The fraction of sp³-hybridized carbons (Fsp3) is 0.571. The lowest BCUT2D eigenvalue weighted by Gasteiger charge is -2.27. The number of hydrogen-bond donors (Lipinski definition) is 3. The monoisotopic (exact) mass is 500 g/mol. The number of hydrogen-bond acceptors (Lipinski definition) is 4. The number of rotatable bonds is 8. The molecule has 0 radical (unpaired) electrons. The SMILES string of the molecule is CCNC(=NCc1ccc(N2CC=CC2)cc1)NCC1(CCO)CCOC1.I. The maximum Gasteiger partial charge on any atom is 0.191 e. The van der Waals surface area contributed by atoms with Crippen LogP contribution < -0.4 is 15.5 Å². The van der Waals surface area contributed by atoms with Crippen molar-refractivity contribution in [2.24, 2.45) is 10.4 Å². The summed E-state index contributed by atoms with van der Waals surface area (Å²) < 4.78 is 5.57. The molecule has 2 heterocycles. The summed E-state index contributed by atoms with van der Waals surface area (Å²) in [4.78, 5) is 7.06. The molecule has 0 spiro atoms. The Morgan fingerprint density at radius 1 is 1.21 bits per heavy atom. The molecular formula is C21H33IN4O2. The molecular weight excluding hydrogens is 467 g/mol. The van der Waals surface area contributed by atoms with Crippen molar-refractivity contribution >= 4 is 35.6 Å². The minimum atomic E-state index is 0. The van der Waals surface area contributed by atoms with Crippen LogP contribution in [0.3, 0.4) is 0 Å². The van der Waals surface area contributed by atoms with Crippen molar-refractivity contribution in [3.8, 4) is 0 Å². The van der Waals surface area contributed by atoms with Crippen molar-refractivity contribution in [1.82, 2.24) is 10.6 Å². The molecule has 6 nitrogen and oxygen atoms in total. The maximum atomic E-state index is 9.38. The van der Waals surface area contributed by atoms with Gasteiger partial charge in [0.2, 0.25) is 0 Å². The van der Waals surface area contributed by atoms with Crippen LogP contribution in [0.1, 0.15) is 25.3 Å². The van der Waals surface area contributed by atoms with Crippen LogP contribution in [0.4, 0.5) is 5.69 Å². The van der Waals surface area contributed by atoms with Gasteiger partial charge in [-0.15, -0.1) is 24.0 Å². The van der Waals surface area contributed by atoms with Crippen LogP contribution in [0.5, 0.6) is 0 Å². The fourth-order valence-corrected chi connectivity index (χ4v) is 3.60. The molecule has 1 aromatic rings. The average molecular weight is 500 g/mol. The summed E-state index contributed by atoms with van der Waals surface area (Å²) in [6.45, 7) is 7.93. The number of benzene rings is 1. The Morgan fingerprint density at radius 2 is 1.96 bits per heavy atom.